The molecule has 1 aliphatic carbocycles. The molecule has 2 heterocycles. The molecule has 0 radical (unpaired) electrons. The standard InChI is InChI=1S/C19H20N6/c20-11-22-14-8-6-13(7-9-14)16-10-25(15-4-2-1-3-5-15)18-17(16)23-12-24-19(18)21/h1-5,10,12-14,22H,6-9H2,(H2,21,23,24). The van der Waals surface area contributed by atoms with Gasteiger partial charge in [0.25, 0.3) is 0 Å². The molecule has 0 bridgehead atoms. The van der Waals surface area contributed by atoms with Gasteiger partial charge in [0.1, 0.15) is 11.8 Å². The summed E-state index contributed by atoms with van der Waals surface area (Å²) in [6.45, 7) is 0. The second kappa shape index (κ2) is 6.44. The summed E-state index contributed by atoms with van der Waals surface area (Å²) >= 11 is 0. The zero-order valence-electron chi connectivity index (χ0n) is 13.9. The van der Waals surface area contributed by atoms with Crippen LogP contribution < -0.4 is 11.1 Å². The molecule has 1 aromatic carbocycles. The Morgan fingerprint density at radius 1 is 1.12 bits per heavy atom. The number of nitrogens with one attached hydrogen (secondary N) is 1. The highest BCUT2D eigenvalue weighted by Crippen LogP contribution is 2.38. The summed E-state index contributed by atoms with van der Waals surface area (Å²) in [5, 5.41) is 11.7. The minimum atomic E-state index is 0.295. The third-order valence-corrected chi connectivity index (χ3v) is 5.10. The summed E-state index contributed by atoms with van der Waals surface area (Å²) in [5.74, 6) is 0.929. The van der Waals surface area contributed by atoms with Crippen LogP contribution in [0.15, 0.2) is 42.9 Å². The van der Waals surface area contributed by atoms with Gasteiger partial charge < -0.3 is 15.6 Å². The van der Waals surface area contributed by atoms with Crippen molar-refractivity contribution in [3.63, 3.8) is 0 Å². The maximum absolute atomic E-state index is 8.81. The van der Waals surface area contributed by atoms with Crippen LogP contribution in [0.4, 0.5) is 5.82 Å². The van der Waals surface area contributed by atoms with Crippen molar-refractivity contribution in [3.8, 4) is 11.9 Å². The van der Waals surface area contributed by atoms with E-state index in [0.717, 1.165) is 42.4 Å². The Balaban J connectivity index is 1.76. The second-order valence-electron chi connectivity index (χ2n) is 6.55. The normalized spacial score (nSPS) is 20.3. The van der Waals surface area contributed by atoms with Crippen LogP contribution >= 0.6 is 0 Å². The Morgan fingerprint density at radius 2 is 1.88 bits per heavy atom. The molecule has 0 aliphatic heterocycles. The molecule has 4 rings (SSSR count). The van der Waals surface area contributed by atoms with E-state index < -0.39 is 0 Å². The van der Waals surface area contributed by atoms with Crippen LogP contribution in [0, 0.1) is 11.5 Å². The monoisotopic (exact) mass is 332 g/mol. The third-order valence-electron chi connectivity index (χ3n) is 5.10. The molecule has 1 fully saturated rings. The minimum absolute atomic E-state index is 0.295. The smallest absolute Gasteiger partial charge is 0.176 e. The molecular weight excluding hydrogens is 312 g/mol. The number of benzene rings is 1. The molecule has 3 N–H and O–H groups in total. The molecule has 1 saturated carbocycles. The van der Waals surface area contributed by atoms with Crippen molar-refractivity contribution < 1.29 is 0 Å². The number of hydrogen-bond acceptors (Lipinski definition) is 5. The van der Waals surface area contributed by atoms with Crippen molar-refractivity contribution >= 4 is 16.9 Å². The fraction of sp³-hybridized carbons (Fsp3) is 0.316. The van der Waals surface area contributed by atoms with Crippen molar-refractivity contribution in [1.82, 2.24) is 19.9 Å². The first-order valence-corrected chi connectivity index (χ1v) is 8.59. The third kappa shape index (κ3) is 2.78. The van der Waals surface area contributed by atoms with E-state index in [0.29, 0.717) is 17.8 Å². The van der Waals surface area contributed by atoms with E-state index in [1.54, 1.807) is 6.33 Å². The molecule has 6 nitrogen and oxygen atoms in total. The summed E-state index contributed by atoms with van der Waals surface area (Å²) in [6, 6.07) is 10.4. The molecule has 0 spiro atoms. The highest BCUT2D eigenvalue weighted by molar-refractivity contribution is 5.90. The van der Waals surface area contributed by atoms with E-state index in [1.807, 2.05) is 18.2 Å². The van der Waals surface area contributed by atoms with Crippen molar-refractivity contribution in [2.75, 3.05) is 5.73 Å². The summed E-state index contributed by atoms with van der Waals surface area (Å²) in [7, 11) is 0. The zero-order valence-corrected chi connectivity index (χ0v) is 13.9. The lowest BCUT2D eigenvalue weighted by Crippen LogP contribution is -2.29. The van der Waals surface area contributed by atoms with E-state index in [2.05, 4.69) is 44.4 Å². The lowest BCUT2D eigenvalue weighted by molar-refractivity contribution is 0.370. The highest BCUT2D eigenvalue weighted by atomic mass is 15.0. The van der Waals surface area contributed by atoms with Gasteiger partial charge in [0.05, 0.1) is 5.52 Å². The van der Waals surface area contributed by atoms with Crippen LogP contribution in [-0.4, -0.2) is 20.6 Å². The largest absolute Gasteiger partial charge is 0.382 e. The quantitative estimate of drug-likeness (QED) is 0.568. The van der Waals surface area contributed by atoms with Crippen LogP contribution in [-0.2, 0) is 0 Å². The van der Waals surface area contributed by atoms with Gasteiger partial charge in [0.2, 0.25) is 0 Å². The Kier molecular flexibility index (Phi) is 3.98. The van der Waals surface area contributed by atoms with Crippen LogP contribution in [0.3, 0.4) is 0 Å². The number of hydrogen-bond donors (Lipinski definition) is 2. The molecular formula is C19H20N6. The van der Waals surface area contributed by atoms with E-state index >= 15 is 0 Å². The number of aromatic nitrogens is 3. The maximum atomic E-state index is 8.81. The number of nitrogen functional groups attached to an aromatic ring is 1. The summed E-state index contributed by atoms with van der Waals surface area (Å²) in [6.07, 6.45) is 9.84. The highest BCUT2D eigenvalue weighted by Gasteiger charge is 2.26. The van der Waals surface area contributed by atoms with Crippen molar-refractivity contribution in [3.05, 3.63) is 48.4 Å². The molecule has 126 valence electrons. The van der Waals surface area contributed by atoms with Crippen molar-refractivity contribution in [2.45, 2.75) is 37.6 Å². The van der Waals surface area contributed by atoms with E-state index in [9.17, 15) is 0 Å². The van der Waals surface area contributed by atoms with Gasteiger partial charge in [-0.3, -0.25) is 0 Å². The van der Waals surface area contributed by atoms with E-state index in [-0.39, 0.29) is 0 Å². The van der Waals surface area contributed by atoms with Gasteiger partial charge in [-0.25, -0.2) is 9.97 Å². The van der Waals surface area contributed by atoms with Crippen LogP contribution in [0.25, 0.3) is 16.7 Å². The van der Waals surface area contributed by atoms with Gasteiger partial charge in [-0.15, -0.1) is 0 Å². The fourth-order valence-electron chi connectivity index (χ4n) is 3.84. The Labute approximate surface area is 146 Å². The molecule has 0 saturated heterocycles. The number of nitrogens with zero attached hydrogens (tertiary/aromatic N) is 4. The van der Waals surface area contributed by atoms with Crippen molar-refractivity contribution in [1.29, 1.82) is 5.26 Å². The molecule has 25 heavy (non-hydrogen) atoms. The molecule has 0 unspecified atom stereocenters. The van der Waals surface area contributed by atoms with E-state index in [4.69, 9.17) is 11.0 Å². The number of anilines is 1. The topological polar surface area (TPSA) is 92.5 Å². The van der Waals surface area contributed by atoms with Gasteiger partial charge in [0, 0.05) is 17.9 Å². The average molecular weight is 332 g/mol. The predicted octanol–water partition coefficient (Wildman–Crippen LogP) is 3.10. The Morgan fingerprint density at radius 3 is 2.60 bits per heavy atom. The Bertz CT molecular complexity index is 916. The SMILES string of the molecule is N#CNC1CCC(c2cn(-c3ccccc3)c3c(N)ncnc23)CC1. The average Bonchev–Trinajstić information content (AvgIpc) is 3.04. The molecule has 0 amide bonds. The molecule has 6 heteroatoms. The first-order valence-electron chi connectivity index (χ1n) is 8.59. The number of rotatable bonds is 3. The molecule has 0 atom stereocenters. The van der Waals surface area contributed by atoms with Gasteiger partial charge >= 0.3 is 0 Å². The second-order valence-corrected chi connectivity index (χ2v) is 6.55. The van der Waals surface area contributed by atoms with Crippen LogP contribution in [0.2, 0.25) is 0 Å². The fourth-order valence-corrected chi connectivity index (χ4v) is 3.84. The summed E-state index contributed by atoms with van der Waals surface area (Å²) in [4.78, 5) is 8.73. The van der Waals surface area contributed by atoms with Crippen LogP contribution in [0.5, 0.6) is 0 Å². The predicted molar refractivity (Wildman–Crippen MR) is 97.0 cm³/mol. The molecule has 3 aromatic rings. The lowest BCUT2D eigenvalue weighted by Gasteiger charge is -2.27. The summed E-state index contributed by atoms with van der Waals surface area (Å²) < 4.78 is 2.10. The molecule has 1 aliphatic rings. The number of fused-ring (bicyclic) bond motifs is 1. The summed E-state index contributed by atoms with van der Waals surface area (Å²) in [5.41, 5.74) is 10.3. The number of para-hydroxylation sites is 1. The van der Waals surface area contributed by atoms with Gasteiger partial charge in [0.15, 0.2) is 12.0 Å². The lowest BCUT2D eigenvalue weighted by atomic mass is 9.82. The first kappa shape index (κ1) is 15.5. The van der Waals surface area contributed by atoms with Gasteiger partial charge in [-0.05, 0) is 49.3 Å². The minimum Gasteiger partial charge on any atom is -0.382 e. The Hall–Kier alpha value is -3.07. The van der Waals surface area contributed by atoms with Gasteiger partial charge in [-0.1, -0.05) is 18.2 Å². The van der Waals surface area contributed by atoms with E-state index in [1.165, 1.54) is 5.56 Å². The maximum Gasteiger partial charge on any atom is 0.176 e. The van der Waals surface area contributed by atoms with Crippen molar-refractivity contribution in [2.24, 2.45) is 0 Å². The first-order chi connectivity index (χ1) is 12.3. The van der Waals surface area contributed by atoms with Gasteiger partial charge in [-0.2, -0.15) is 5.26 Å². The molecule has 2 aromatic heterocycles. The number of nitrogens with two attached hydrogens (primary N) is 1. The zero-order chi connectivity index (χ0) is 17.2. The van der Waals surface area contributed by atoms with Crippen LogP contribution in [0.1, 0.15) is 37.2 Å². The number of nitriles is 1.